The van der Waals surface area contributed by atoms with Gasteiger partial charge in [0.25, 0.3) is 5.91 Å². The predicted octanol–water partition coefficient (Wildman–Crippen LogP) is 1.96. The molecule has 18 heavy (non-hydrogen) atoms. The lowest BCUT2D eigenvalue weighted by atomic mass is 10.0. The lowest BCUT2D eigenvalue weighted by Gasteiger charge is -2.33. The summed E-state index contributed by atoms with van der Waals surface area (Å²) < 4.78 is 13.2. The van der Waals surface area contributed by atoms with Crippen LogP contribution in [0, 0.1) is 12.7 Å². The Kier molecular flexibility index (Phi) is 3.97. The number of hydrogen-bond donors (Lipinski definition) is 1. The van der Waals surface area contributed by atoms with E-state index in [4.69, 9.17) is 0 Å². The molecule has 1 heterocycles. The smallest absolute Gasteiger partial charge is 0.254 e. The SMILES string of the molecule is CNC1CCCN(C(=O)c2cc(F)ccc2C)C1. The number of likely N-dealkylation sites (N-methyl/N-ethyl adjacent to an activating group) is 1. The molecule has 1 amide bonds. The van der Waals surface area contributed by atoms with E-state index in [1.54, 1.807) is 6.07 Å². The molecule has 0 radical (unpaired) electrons. The average Bonchev–Trinajstić information content (AvgIpc) is 2.41. The molecule has 1 saturated heterocycles. The van der Waals surface area contributed by atoms with Crippen LogP contribution >= 0.6 is 0 Å². The monoisotopic (exact) mass is 250 g/mol. The molecule has 1 fully saturated rings. The van der Waals surface area contributed by atoms with Gasteiger partial charge in [0.1, 0.15) is 5.82 Å². The molecule has 1 atom stereocenters. The van der Waals surface area contributed by atoms with E-state index in [1.807, 2.05) is 18.9 Å². The number of likely N-dealkylation sites (tertiary alicyclic amines) is 1. The van der Waals surface area contributed by atoms with E-state index >= 15 is 0 Å². The van der Waals surface area contributed by atoms with E-state index in [9.17, 15) is 9.18 Å². The van der Waals surface area contributed by atoms with E-state index < -0.39 is 0 Å². The molecule has 1 aliphatic heterocycles. The van der Waals surface area contributed by atoms with Gasteiger partial charge in [-0.15, -0.1) is 0 Å². The second-order valence-electron chi connectivity index (χ2n) is 4.84. The van der Waals surface area contributed by atoms with Crippen LogP contribution < -0.4 is 5.32 Å². The largest absolute Gasteiger partial charge is 0.337 e. The number of nitrogens with one attached hydrogen (secondary N) is 1. The first-order valence-electron chi connectivity index (χ1n) is 6.34. The predicted molar refractivity (Wildman–Crippen MR) is 69.1 cm³/mol. The number of benzene rings is 1. The van der Waals surface area contributed by atoms with Gasteiger partial charge in [0.15, 0.2) is 0 Å². The van der Waals surface area contributed by atoms with Crippen LogP contribution in [-0.2, 0) is 0 Å². The van der Waals surface area contributed by atoms with E-state index in [0.29, 0.717) is 18.2 Å². The molecule has 0 spiro atoms. The van der Waals surface area contributed by atoms with Crippen molar-refractivity contribution in [1.29, 1.82) is 0 Å². The summed E-state index contributed by atoms with van der Waals surface area (Å²) >= 11 is 0. The summed E-state index contributed by atoms with van der Waals surface area (Å²) in [5.74, 6) is -0.418. The number of hydrogen-bond acceptors (Lipinski definition) is 2. The second kappa shape index (κ2) is 5.48. The number of rotatable bonds is 2. The van der Waals surface area contributed by atoms with E-state index in [1.165, 1.54) is 12.1 Å². The quantitative estimate of drug-likeness (QED) is 0.870. The standard InChI is InChI=1S/C14H19FN2O/c1-10-5-6-11(15)8-13(10)14(18)17-7-3-4-12(9-17)16-2/h5-6,8,12,16H,3-4,7,9H2,1-2H3. The Labute approximate surface area is 107 Å². The maximum Gasteiger partial charge on any atom is 0.254 e. The van der Waals surface area contributed by atoms with Gasteiger partial charge in [-0.3, -0.25) is 4.79 Å². The molecular formula is C14H19FN2O. The van der Waals surface area contributed by atoms with Gasteiger partial charge >= 0.3 is 0 Å². The van der Waals surface area contributed by atoms with E-state index in [-0.39, 0.29) is 11.7 Å². The van der Waals surface area contributed by atoms with Crippen LogP contribution in [0.1, 0.15) is 28.8 Å². The molecule has 3 nitrogen and oxygen atoms in total. The normalized spacial score (nSPS) is 19.9. The summed E-state index contributed by atoms with van der Waals surface area (Å²) in [6.45, 7) is 3.30. The van der Waals surface area contributed by atoms with Crippen LogP contribution in [0.2, 0.25) is 0 Å². The fraction of sp³-hybridized carbons (Fsp3) is 0.500. The molecule has 0 aliphatic carbocycles. The molecule has 0 saturated carbocycles. The zero-order chi connectivity index (χ0) is 13.1. The highest BCUT2D eigenvalue weighted by Crippen LogP contribution is 2.17. The first-order chi connectivity index (χ1) is 8.61. The fourth-order valence-electron chi connectivity index (χ4n) is 2.39. The maximum atomic E-state index is 13.2. The van der Waals surface area contributed by atoms with Crippen molar-refractivity contribution in [3.05, 3.63) is 35.1 Å². The Morgan fingerprint density at radius 2 is 2.28 bits per heavy atom. The highest BCUT2D eigenvalue weighted by atomic mass is 19.1. The van der Waals surface area contributed by atoms with Crippen molar-refractivity contribution in [3.63, 3.8) is 0 Å². The lowest BCUT2D eigenvalue weighted by Crippen LogP contribution is -2.47. The molecule has 1 aromatic rings. The summed E-state index contributed by atoms with van der Waals surface area (Å²) in [5, 5.41) is 3.20. The maximum absolute atomic E-state index is 13.2. The summed E-state index contributed by atoms with van der Waals surface area (Å²) in [6.07, 6.45) is 2.08. The van der Waals surface area contributed by atoms with Crippen LogP contribution in [0.3, 0.4) is 0 Å². The molecule has 98 valence electrons. The van der Waals surface area contributed by atoms with Crippen molar-refractivity contribution in [3.8, 4) is 0 Å². The molecule has 4 heteroatoms. The third-order valence-electron chi connectivity index (χ3n) is 3.55. The number of aryl methyl sites for hydroxylation is 1. The van der Waals surface area contributed by atoms with Crippen LogP contribution in [0.25, 0.3) is 0 Å². The Morgan fingerprint density at radius 3 is 3.00 bits per heavy atom. The van der Waals surface area contributed by atoms with Crippen LogP contribution in [0.4, 0.5) is 4.39 Å². The van der Waals surface area contributed by atoms with Gasteiger partial charge in [0.2, 0.25) is 0 Å². The number of amides is 1. The number of halogens is 1. The van der Waals surface area contributed by atoms with E-state index in [0.717, 1.165) is 24.9 Å². The molecule has 1 aromatic carbocycles. The first-order valence-corrected chi connectivity index (χ1v) is 6.34. The minimum absolute atomic E-state index is 0.0630. The molecule has 2 rings (SSSR count). The minimum Gasteiger partial charge on any atom is -0.337 e. The minimum atomic E-state index is -0.355. The van der Waals surface area contributed by atoms with Gasteiger partial charge in [-0.2, -0.15) is 0 Å². The number of piperidine rings is 1. The zero-order valence-electron chi connectivity index (χ0n) is 10.9. The number of carbonyl (C=O) groups is 1. The third kappa shape index (κ3) is 2.70. The number of nitrogens with zero attached hydrogens (tertiary/aromatic N) is 1. The summed E-state index contributed by atoms with van der Waals surface area (Å²) in [7, 11) is 1.91. The summed E-state index contributed by atoms with van der Waals surface area (Å²) in [6, 6.07) is 4.72. The molecule has 1 unspecified atom stereocenters. The zero-order valence-corrected chi connectivity index (χ0v) is 10.9. The van der Waals surface area contributed by atoms with Crippen LogP contribution in [-0.4, -0.2) is 37.0 Å². The van der Waals surface area contributed by atoms with Gasteiger partial charge in [-0.25, -0.2) is 4.39 Å². The van der Waals surface area contributed by atoms with Gasteiger partial charge in [-0.05, 0) is 44.5 Å². The fourth-order valence-corrected chi connectivity index (χ4v) is 2.39. The molecule has 1 aliphatic rings. The first kappa shape index (κ1) is 13.0. The van der Waals surface area contributed by atoms with Crippen molar-refractivity contribution in [2.75, 3.05) is 20.1 Å². The van der Waals surface area contributed by atoms with Gasteiger partial charge in [0, 0.05) is 24.7 Å². The summed E-state index contributed by atoms with van der Waals surface area (Å²) in [5.41, 5.74) is 1.31. The van der Waals surface area contributed by atoms with Crippen molar-refractivity contribution < 1.29 is 9.18 Å². The highest BCUT2D eigenvalue weighted by Gasteiger charge is 2.24. The Morgan fingerprint density at radius 1 is 1.50 bits per heavy atom. The van der Waals surface area contributed by atoms with Crippen LogP contribution in [0.15, 0.2) is 18.2 Å². The average molecular weight is 250 g/mol. The second-order valence-corrected chi connectivity index (χ2v) is 4.84. The van der Waals surface area contributed by atoms with Gasteiger partial charge in [0.05, 0.1) is 0 Å². The molecular weight excluding hydrogens is 231 g/mol. The molecule has 0 aromatic heterocycles. The van der Waals surface area contributed by atoms with Crippen molar-refractivity contribution in [1.82, 2.24) is 10.2 Å². The van der Waals surface area contributed by atoms with Gasteiger partial charge in [-0.1, -0.05) is 6.07 Å². The van der Waals surface area contributed by atoms with Crippen LogP contribution in [0.5, 0.6) is 0 Å². The van der Waals surface area contributed by atoms with E-state index in [2.05, 4.69) is 5.32 Å². The third-order valence-corrected chi connectivity index (χ3v) is 3.55. The molecule has 1 N–H and O–H groups in total. The number of carbonyl (C=O) groups excluding carboxylic acids is 1. The van der Waals surface area contributed by atoms with Gasteiger partial charge < -0.3 is 10.2 Å². The topological polar surface area (TPSA) is 32.3 Å². The van der Waals surface area contributed by atoms with Crippen molar-refractivity contribution in [2.45, 2.75) is 25.8 Å². The Bertz CT molecular complexity index is 447. The lowest BCUT2D eigenvalue weighted by molar-refractivity contribution is 0.0697. The van der Waals surface area contributed by atoms with Crippen molar-refractivity contribution >= 4 is 5.91 Å². The molecule has 0 bridgehead atoms. The highest BCUT2D eigenvalue weighted by molar-refractivity contribution is 5.95. The Balaban J connectivity index is 2.17. The van der Waals surface area contributed by atoms with Crippen molar-refractivity contribution in [2.24, 2.45) is 0 Å². The summed E-state index contributed by atoms with van der Waals surface area (Å²) in [4.78, 5) is 14.2. The Hall–Kier alpha value is -1.42.